The first-order chi connectivity index (χ1) is 12.1. The van der Waals surface area contributed by atoms with E-state index in [1.165, 1.54) is 18.4 Å². The molecule has 132 valence electrons. The predicted octanol–water partition coefficient (Wildman–Crippen LogP) is 3.19. The van der Waals surface area contributed by atoms with Gasteiger partial charge in [-0.3, -0.25) is 4.79 Å². The molecule has 0 radical (unpaired) electrons. The van der Waals surface area contributed by atoms with Crippen molar-refractivity contribution in [1.29, 1.82) is 0 Å². The number of terminal acetylenes is 1. The Kier molecular flexibility index (Phi) is 5.50. The van der Waals surface area contributed by atoms with E-state index in [0.29, 0.717) is 25.3 Å². The van der Waals surface area contributed by atoms with Gasteiger partial charge >= 0.3 is 0 Å². The van der Waals surface area contributed by atoms with Crippen molar-refractivity contribution < 1.29 is 4.79 Å². The summed E-state index contributed by atoms with van der Waals surface area (Å²) in [5.41, 5.74) is 1.65. The number of likely N-dealkylation sites (N-methyl/N-ethyl adjacent to an activating group) is 1. The third-order valence-electron chi connectivity index (χ3n) is 5.11. The summed E-state index contributed by atoms with van der Waals surface area (Å²) in [5.74, 6) is 3.11. The van der Waals surface area contributed by atoms with Gasteiger partial charge in [-0.2, -0.15) is 10.2 Å². The molecular weight excluding hydrogens is 312 g/mol. The van der Waals surface area contributed by atoms with E-state index in [0.717, 1.165) is 25.1 Å². The van der Waals surface area contributed by atoms with Gasteiger partial charge in [0.25, 0.3) is 5.91 Å². The first-order valence-corrected chi connectivity index (χ1v) is 9.06. The third kappa shape index (κ3) is 4.67. The molecule has 1 atom stereocenters. The molecule has 1 aromatic carbocycles. The van der Waals surface area contributed by atoms with Crippen molar-refractivity contribution >= 4 is 5.91 Å². The molecule has 1 saturated heterocycles. The van der Waals surface area contributed by atoms with Crippen molar-refractivity contribution in [2.24, 2.45) is 10.2 Å². The molecule has 2 aliphatic heterocycles. The summed E-state index contributed by atoms with van der Waals surface area (Å²) in [6, 6.07) is 8.04. The largest absolute Gasteiger partial charge is 0.352 e. The number of nitrogens with zero attached hydrogens (tertiary/aromatic N) is 3. The molecule has 2 heterocycles. The summed E-state index contributed by atoms with van der Waals surface area (Å²) in [6.45, 7) is 2.78. The quantitative estimate of drug-likeness (QED) is 0.776. The molecule has 0 aromatic heterocycles. The van der Waals surface area contributed by atoms with Crippen LogP contribution in [0.15, 0.2) is 34.5 Å². The lowest BCUT2D eigenvalue weighted by molar-refractivity contribution is 0.0951. The van der Waals surface area contributed by atoms with Crippen LogP contribution >= 0.6 is 0 Å². The van der Waals surface area contributed by atoms with E-state index in [9.17, 15) is 4.79 Å². The van der Waals surface area contributed by atoms with Crippen LogP contribution in [0.2, 0.25) is 0 Å². The van der Waals surface area contributed by atoms with Crippen LogP contribution in [0.3, 0.4) is 0 Å². The van der Waals surface area contributed by atoms with Crippen molar-refractivity contribution in [3.63, 3.8) is 0 Å². The topological polar surface area (TPSA) is 57.1 Å². The second-order valence-corrected chi connectivity index (χ2v) is 7.12. The maximum absolute atomic E-state index is 12.4. The highest BCUT2D eigenvalue weighted by Gasteiger charge is 2.38. The van der Waals surface area contributed by atoms with Crippen molar-refractivity contribution in [2.75, 3.05) is 26.7 Å². The molecule has 3 rings (SSSR count). The molecule has 0 spiro atoms. The highest BCUT2D eigenvalue weighted by atomic mass is 16.1. The van der Waals surface area contributed by atoms with Gasteiger partial charge in [-0.05, 0) is 50.0 Å². The number of nitrogens with one attached hydrogen (secondary N) is 1. The molecule has 1 amide bonds. The molecule has 5 nitrogen and oxygen atoms in total. The molecule has 1 unspecified atom stereocenters. The van der Waals surface area contributed by atoms with Gasteiger partial charge < -0.3 is 10.2 Å². The molecular formula is C20H26N4O. The molecule has 5 heteroatoms. The zero-order valence-corrected chi connectivity index (χ0v) is 14.9. The summed E-state index contributed by atoms with van der Waals surface area (Å²) in [6.07, 6.45) is 9.85. The normalized spacial score (nSPS) is 21.5. The van der Waals surface area contributed by atoms with Gasteiger partial charge in [0.05, 0.1) is 0 Å². The molecule has 1 aromatic rings. The maximum atomic E-state index is 12.4. The number of hydrogen-bond donors (Lipinski definition) is 1. The first kappa shape index (κ1) is 17.6. The fourth-order valence-electron chi connectivity index (χ4n) is 3.52. The van der Waals surface area contributed by atoms with Gasteiger partial charge in [-0.15, -0.1) is 12.3 Å². The zero-order valence-electron chi connectivity index (χ0n) is 14.9. The summed E-state index contributed by atoms with van der Waals surface area (Å²) >= 11 is 0. The van der Waals surface area contributed by atoms with E-state index in [4.69, 9.17) is 6.42 Å². The average Bonchev–Trinajstić information content (AvgIpc) is 3.40. The lowest BCUT2D eigenvalue weighted by Crippen LogP contribution is -2.31. The smallest absolute Gasteiger partial charge is 0.251 e. The molecule has 0 aliphatic carbocycles. The van der Waals surface area contributed by atoms with Crippen LogP contribution in [0.1, 0.15) is 53.9 Å². The number of carbonyl (C=O) groups excluding carboxylic acids is 1. The predicted molar refractivity (Wildman–Crippen MR) is 98.5 cm³/mol. The number of likely N-dealkylation sites (tertiary alicyclic amines) is 1. The lowest BCUT2D eigenvalue weighted by atomic mass is 9.90. The Morgan fingerprint density at radius 2 is 2.28 bits per heavy atom. The van der Waals surface area contributed by atoms with E-state index in [1.54, 1.807) is 0 Å². The summed E-state index contributed by atoms with van der Waals surface area (Å²) < 4.78 is 0. The van der Waals surface area contributed by atoms with Gasteiger partial charge in [0.2, 0.25) is 0 Å². The number of benzene rings is 1. The lowest BCUT2D eigenvalue weighted by Gasteiger charge is -2.30. The number of piperidine rings is 1. The number of rotatable bonds is 7. The SMILES string of the molecule is C#CCCC1(CCNC(=O)c2cccc(C3CCCN(C)C3)c2)N=N1. The third-order valence-corrected chi connectivity index (χ3v) is 5.11. The Bertz CT molecular complexity index is 685. The van der Waals surface area contributed by atoms with Gasteiger partial charge in [0, 0.05) is 37.9 Å². The fraction of sp³-hybridized carbons (Fsp3) is 0.550. The standard InChI is InChI=1S/C20H26N4O/c1-3-4-10-20(22-23-20)11-12-21-19(25)17-8-5-7-16(14-17)18-9-6-13-24(2)15-18/h1,5,7-8,14,18H,4,6,9-13,15H2,2H3,(H,21,25). The van der Waals surface area contributed by atoms with Crippen LogP contribution in [-0.2, 0) is 0 Å². The van der Waals surface area contributed by atoms with Gasteiger partial charge in [-0.1, -0.05) is 12.1 Å². The van der Waals surface area contributed by atoms with Crippen LogP contribution in [0.4, 0.5) is 0 Å². The number of amides is 1. The van der Waals surface area contributed by atoms with Crippen LogP contribution in [0, 0.1) is 12.3 Å². The van der Waals surface area contributed by atoms with Crippen molar-refractivity contribution in [3.05, 3.63) is 35.4 Å². The summed E-state index contributed by atoms with van der Waals surface area (Å²) in [7, 11) is 2.16. The monoisotopic (exact) mass is 338 g/mol. The molecule has 1 N–H and O–H groups in total. The molecule has 0 saturated carbocycles. The van der Waals surface area contributed by atoms with Crippen LogP contribution in [0.25, 0.3) is 0 Å². The van der Waals surface area contributed by atoms with E-state index in [-0.39, 0.29) is 11.6 Å². The van der Waals surface area contributed by atoms with Crippen molar-refractivity contribution in [2.45, 2.75) is 43.7 Å². The first-order valence-electron chi connectivity index (χ1n) is 9.06. The number of carbonyl (C=O) groups is 1. The Morgan fingerprint density at radius 3 is 3.00 bits per heavy atom. The highest BCUT2D eigenvalue weighted by molar-refractivity contribution is 5.94. The summed E-state index contributed by atoms with van der Waals surface area (Å²) in [5, 5.41) is 11.2. The second-order valence-electron chi connectivity index (χ2n) is 7.12. The molecule has 2 aliphatic rings. The van der Waals surface area contributed by atoms with E-state index in [1.807, 2.05) is 18.2 Å². The summed E-state index contributed by atoms with van der Waals surface area (Å²) in [4.78, 5) is 14.8. The van der Waals surface area contributed by atoms with Crippen LogP contribution in [-0.4, -0.2) is 43.2 Å². The Balaban J connectivity index is 1.52. The molecule has 1 fully saturated rings. The average molecular weight is 338 g/mol. The second kappa shape index (κ2) is 7.79. The Labute approximate surface area is 149 Å². The Hall–Kier alpha value is -2.19. The van der Waals surface area contributed by atoms with E-state index in [2.05, 4.69) is 39.5 Å². The van der Waals surface area contributed by atoms with E-state index >= 15 is 0 Å². The number of hydrogen-bond acceptors (Lipinski definition) is 4. The van der Waals surface area contributed by atoms with Crippen LogP contribution in [0.5, 0.6) is 0 Å². The minimum Gasteiger partial charge on any atom is -0.352 e. The van der Waals surface area contributed by atoms with Gasteiger partial charge in [0.15, 0.2) is 5.66 Å². The van der Waals surface area contributed by atoms with Gasteiger partial charge in [0.1, 0.15) is 0 Å². The fourth-order valence-corrected chi connectivity index (χ4v) is 3.52. The van der Waals surface area contributed by atoms with Crippen LogP contribution < -0.4 is 5.32 Å². The zero-order chi connectivity index (χ0) is 17.7. The molecule has 25 heavy (non-hydrogen) atoms. The minimum absolute atomic E-state index is 0.0289. The van der Waals surface area contributed by atoms with Gasteiger partial charge in [-0.25, -0.2) is 0 Å². The molecule has 0 bridgehead atoms. The highest BCUT2D eigenvalue weighted by Crippen LogP contribution is 2.36. The Morgan fingerprint density at radius 1 is 1.44 bits per heavy atom. The maximum Gasteiger partial charge on any atom is 0.251 e. The van der Waals surface area contributed by atoms with E-state index < -0.39 is 0 Å². The van der Waals surface area contributed by atoms with Crippen molar-refractivity contribution in [3.8, 4) is 12.3 Å². The minimum atomic E-state index is -0.339. The van der Waals surface area contributed by atoms with Crippen molar-refractivity contribution in [1.82, 2.24) is 10.2 Å².